The molecule has 2 aromatic heterocycles. The molecule has 0 aliphatic carbocycles. The van der Waals surface area contributed by atoms with Gasteiger partial charge in [-0.25, -0.2) is 4.79 Å². The van der Waals surface area contributed by atoms with Gasteiger partial charge in [0.15, 0.2) is 5.76 Å². The zero-order valence-corrected chi connectivity index (χ0v) is 14.4. The summed E-state index contributed by atoms with van der Waals surface area (Å²) in [5.41, 5.74) is -0.297. The smallest absolute Gasteiger partial charge is 0.461 e. The van der Waals surface area contributed by atoms with E-state index in [4.69, 9.17) is 29.9 Å². The normalized spacial score (nSPS) is 10.7. The van der Waals surface area contributed by atoms with Crippen LogP contribution in [0.4, 0.5) is 4.79 Å². The minimum absolute atomic E-state index is 0.0233. The first-order chi connectivity index (χ1) is 13.1. The van der Waals surface area contributed by atoms with Crippen LogP contribution in [0.25, 0.3) is 22.5 Å². The van der Waals surface area contributed by atoms with Gasteiger partial charge >= 0.3 is 6.16 Å². The van der Waals surface area contributed by atoms with Gasteiger partial charge in [0.1, 0.15) is 11.3 Å². The molecule has 4 aromatic rings. The van der Waals surface area contributed by atoms with Gasteiger partial charge in [-0.05, 0) is 42.5 Å². The highest BCUT2D eigenvalue weighted by Crippen LogP contribution is 2.32. The van der Waals surface area contributed by atoms with Crippen molar-refractivity contribution in [2.24, 2.45) is 0 Å². The number of para-hydroxylation sites is 1. The van der Waals surface area contributed by atoms with Crippen molar-refractivity contribution in [3.05, 3.63) is 82.2 Å². The first kappa shape index (κ1) is 16.9. The minimum atomic E-state index is -1.08. The van der Waals surface area contributed by atoms with Gasteiger partial charge in [0.25, 0.3) is 0 Å². The zero-order valence-electron chi connectivity index (χ0n) is 13.7. The van der Waals surface area contributed by atoms with Gasteiger partial charge in [0.05, 0.1) is 11.6 Å². The monoisotopic (exact) mass is 382 g/mol. The van der Waals surface area contributed by atoms with Crippen LogP contribution in [-0.2, 0) is 0 Å². The van der Waals surface area contributed by atoms with Gasteiger partial charge in [-0.3, -0.25) is 4.79 Å². The van der Waals surface area contributed by atoms with E-state index >= 15 is 0 Å². The SMILES string of the molecule is O=C(Oc1ccccc1)Oc1c(-c2ccco2)oc2ccc(Cl)cc2c1=O. The Balaban J connectivity index is 1.80. The second kappa shape index (κ2) is 7.01. The van der Waals surface area contributed by atoms with E-state index in [2.05, 4.69) is 0 Å². The Bertz CT molecular complexity index is 1160. The molecule has 0 unspecified atom stereocenters. The maximum atomic E-state index is 12.9. The molecule has 0 saturated heterocycles. The lowest BCUT2D eigenvalue weighted by molar-refractivity contribution is 0.151. The van der Waals surface area contributed by atoms with Gasteiger partial charge in [-0.2, -0.15) is 0 Å². The topological polar surface area (TPSA) is 78.9 Å². The Morgan fingerprint density at radius 3 is 2.52 bits per heavy atom. The second-order valence-corrected chi connectivity index (χ2v) is 5.91. The summed E-state index contributed by atoms with van der Waals surface area (Å²) in [4.78, 5) is 25.1. The second-order valence-electron chi connectivity index (χ2n) is 5.47. The molecule has 0 aliphatic rings. The number of hydrogen-bond donors (Lipinski definition) is 0. The number of rotatable bonds is 3. The molecular weight excluding hydrogens is 372 g/mol. The lowest BCUT2D eigenvalue weighted by Gasteiger charge is -2.09. The van der Waals surface area contributed by atoms with E-state index in [0.717, 1.165) is 0 Å². The largest absolute Gasteiger partial charge is 0.519 e. The Morgan fingerprint density at radius 2 is 1.78 bits per heavy atom. The van der Waals surface area contributed by atoms with Crippen molar-refractivity contribution in [3.8, 4) is 23.0 Å². The van der Waals surface area contributed by atoms with Crippen LogP contribution in [0.2, 0.25) is 5.02 Å². The summed E-state index contributed by atoms with van der Waals surface area (Å²) >= 11 is 5.96. The third kappa shape index (κ3) is 3.43. The Labute approximate surface area is 157 Å². The molecule has 0 fully saturated rings. The molecule has 0 atom stereocenters. The summed E-state index contributed by atoms with van der Waals surface area (Å²) in [6, 6.07) is 16.1. The molecule has 6 nitrogen and oxygen atoms in total. The number of ether oxygens (including phenoxy) is 2. The molecule has 7 heteroatoms. The predicted octanol–water partition coefficient (Wildman–Crippen LogP) is 5.28. The fraction of sp³-hybridized carbons (Fsp3) is 0. The number of carbonyl (C=O) groups excluding carboxylic acids is 1. The van der Waals surface area contributed by atoms with E-state index in [1.54, 1.807) is 54.6 Å². The highest BCUT2D eigenvalue weighted by atomic mass is 35.5. The zero-order chi connectivity index (χ0) is 18.8. The number of carbonyl (C=O) groups is 1. The van der Waals surface area contributed by atoms with Crippen LogP contribution >= 0.6 is 11.6 Å². The maximum absolute atomic E-state index is 12.9. The van der Waals surface area contributed by atoms with Gasteiger partial charge in [0, 0.05) is 5.02 Å². The molecular formula is C20H11ClO6. The molecule has 0 saturated carbocycles. The lowest BCUT2D eigenvalue weighted by Crippen LogP contribution is -2.19. The maximum Gasteiger partial charge on any atom is 0.519 e. The average Bonchev–Trinajstić information content (AvgIpc) is 3.20. The van der Waals surface area contributed by atoms with Crippen LogP contribution < -0.4 is 14.9 Å². The Morgan fingerprint density at radius 1 is 0.963 bits per heavy atom. The summed E-state index contributed by atoms with van der Waals surface area (Å²) in [5.74, 6) is 0.132. The van der Waals surface area contributed by atoms with Crippen LogP contribution in [0.1, 0.15) is 0 Å². The van der Waals surface area contributed by atoms with E-state index < -0.39 is 11.6 Å². The fourth-order valence-corrected chi connectivity index (χ4v) is 2.67. The lowest BCUT2D eigenvalue weighted by atomic mass is 10.2. The highest BCUT2D eigenvalue weighted by molar-refractivity contribution is 6.31. The Hall–Kier alpha value is -3.51. The van der Waals surface area contributed by atoms with Gasteiger partial charge in [0.2, 0.25) is 16.9 Å². The molecule has 0 spiro atoms. The van der Waals surface area contributed by atoms with Crippen molar-refractivity contribution in [1.82, 2.24) is 0 Å². The van der Waals surface area contributed by atoms with Crippen LogP contribution in [0.3, 0.4) is 0 Å². The summed E-state index contributed by atoms with van der Waals surface area (Å²) in [6.07, 6.45) is 0.329. The van der Waals surface area contributed by atoms with Crippen LogP contribution in [0, 0.1) is 0 Å². The Kier molecular flexibility index (Phi) is 4.40. The molecule has 134 valence electrons. The van der Waals surface area contributed by atoms with Gasteiger partial charge in [-0.15, -0.1) is 0 Å². The van der Waals surface area contributed by atoms with Crippen molar-refractivity contribution in [1.29, 1.82) is 0 Å². The minimum Gasteiger partial charge on any atom is -0.461 e. The molecule has 4 rings (SSSR count). The quantitative estimate of drug-likeness (QED) is 0.354. The molecule has 0 radical (unpaired) electrons. The van der Waals surface area contributed by atoms with Crippen molar-refractivity contribution in [3.63, 3.8) is 0 Å². The van der Waals surface area contributed by atoms with E-state index in [9.17, 15) is 9.59 Å². The standard InChI is InChI=1S/C20H11ClO6/c21-12-8-9-15-14(11-12)17(22)19(18(26-15)16-7-4-10-24-16)27-20(23)25-13-5-2-1-3-6-13/h1-11H. The number of benzene rings is 2. The van der Waals surface area contributed by atoms with E-state index in [1.807, 2.05) is 0 Å². The van der Waals surface area contributed by atoms with Crippen molar-refractivity contribution < 1.29 is 23.1 Å². The predicted molar refractivity (Wildman–Crippen MR) is 98.3 cm³/mol. The van der Waals surface area contributed by atoms with Gasteiger partial charge < -0.3 is 18.3 Å². The number of hydrogen-bond acceptors (Lipinski definition) is 6. The van der Waals surface area contributed by atoms with E-state index in [-0.39, 0.29) is 34.0 Å². The van der Waals surface area contributed by atoms with E-state index in [0.29, 0.717) is 5.02 Å². The van der Waals surface area contributed by atoms with Crippen LogP contribution in [0.5, 0.6) is 11.5 Å². The summed E-state index contributed by atoms with van der Waals surface area (Å²) in [6.45, 7) is 0. The number of furan rings is 1. The molecule has 2 heterocycles. The van der Waals surface area contributed by atoms with Crippen LogP contribution in [-0.4, -0.2) is 6.16 Å². The van der Waals surface area contributed by atoms with E-state index in [1.165, 1.54) is 12.3 Å². The highest BCUT2D eigenvalue weighted by Gasteiger charge is 2.23. The van der Waals surface area contributed by atoms with Crippen molar-refractivity contribution in [2.75, 3.05) is 0 Å². The van der Waals surface area contributed by atoms with Crippen LogP contribution in [0.15, 0.2) is 80.6 Å². The van der Waals surface area contributed by atoms with Gasteiger partial charge in [-0.1, -0.05) is 29.8 Å². The summed E-state index contributed by atoms with van der Waals surface area (Å²) < 4.78 is 21.3. The van der Waals surface area contributed by atoms with Crippen molar-refractivity contribution in [2.45, 2.75) is 0 Å². The molecule has 0 aliphatic heterocycles. The molecule has 0 bridgehead atoms. The molecule has 2 aromatic carbocycles. The molecule has 27 heavy (non-hydrogen) atoms. The first-order valence-electron chi connectivity index (χ1n) is 7.87. The number of fused-ring (bicyclic) bond motifs is 1. The fourth-order valence-electron chi connectivity index (χ4n) is 2.50. The third-order valence-electron chi connectivity index (χ3n) is 3.69. The van der Waals surface area contributed by atoms with Crippen molar-refractivity contribution >= 4 is 28.7 Å². The first-order valence-corrected chi connectivity index (χ1v) is 8.24. The third-order valence-corrected chi connectivity index (χ3v) is 3.92. The number of halogens is 1. The molecule has 0 N–H and O–H groups in total. The average molecular weight is 383 g/mol. The summed E-state index contributed by atoms with van der Waals surface area (Å²) in [7, 11) is 0. The summed E-state index contributed by atoms with van der Waals surface area (Å²) in [5, 5.41) is 0.513. The molecule has 0 amide bonds.